The first kappa shape index (κ1) is 29.3. The van der Waals surface area contributed by atoms with Gasteiger partial charge in [0.25, 0.3) is 0 Å². The van der Waals surface area contributed by atoms with Crippen molar-refractivity contribution in [3.05, 3.63) is 42.5 Å². The molecule has 1 aliphatic heterocycles. The number of aliphatic carboxylic acids is 1. The van der Waals surface area contributed by atoms with Crippen molar-refractivity contribution in [3.63, 3.8) is 0 Å². The number of carboxylic acid groups (broad SMARTS) is 1. The van der Waals surface area contributed by atoms with Crippen molar-refractivity contribution in [2.45, 2.75) is 68.3 Å². The Labute approximate surface area is 225 Å². The molecule has 1 aliphatic rings. The Balaban J connectivity index is 2.18. The summed E-state index contributed by atoms with van der Waals surface area (Å²) in [5.74, 6) is -0.715. The van der Waals surface area contributed by atoms with Gasteiger partial charge in [0.1, 0.15) is 12.4 Å². The van der Waals surface area contributed by atoms with Gasteiger partial charge in [-0.1, -0.05) is 57.7 Å². The Bertz CT molecular complexity index is 1140. The van der Waals surface area contributed by atoms with E-state index < -0.39 is 21.9 Å². The third-order valence-electron chi connectivity index (χ3n) is 7.00. The van der Waals surface area contributed by atoms with E-state index in [0.29, 0.717) is 18.0 Å². The quantitative estimate of drug-likeness (QED) is 0.296. The number of unbranched alkanes of at least 4 members (excludes halogenated alkanes) is 2. The monoisotopic (exact) mass is 549 g/mol. The molecule has 0 aliphatic carbocycles. The Kier molecular flexibility index (Phi) is 10.3. The van der Waals surface area contributed by atoms with E-state index in [1.807, 2.05) is 42.7 Å². The highest BCUT2D eigenvalue weighted by molar-refractivity contribution is 7.98. The van der Waals surface area contributed by atoms with Gasteiger partial charge in [-0.05, 0) is 37.3 Å². The number of carbonyl (C=O) groups is 1. The number of hydrogen-bond acceptors (Lipinski definition) is 7. The molecule has 9 heteroatoms. The predicted octanol–water partition coefficient (Wildman–Crippen LogP) is 6.18. The number of rotatable bonds is 13. The molecule has 0 saturated carbocycles. The van der Waals surface area contributed by atoms with Crippen LogP contribution in [0.4, 0.5) is 11.4 Å². The Morgan fingerprint density at radius 2 is 1.78 bits per heavy atom. The number of benzene rings is 2. The van der Waals surface area contributed by atoms with Crippen molar-refractivity contribution in [2.24, 2.45) is 5.41 Å². The Morgan fingerprint density at radius 1 is 1.14 bits per heavy atom. The molecule has 204 valence electrons. The molecule has 1 N–H and O–H groups in total. The van der Waals surface area contributed by atoms with Crippen molar-refractivity contribution in [3.8, 4) is 5.75 Å². The third-order valence-corrected chi connectivity index (χ3v) is 9.75. The fourth-order valence-electron chi connectivity index (χ4n) is 4.98. The van der Waals surface area contributed by atoms with Gasteiger partial charge in [-0.3, -0.25) is 0 Å². The summed E-state index contributed by atoms with van der Waals surface area (Å²) in [4.78, 5) is 14.5. The maximum Gasteiger partial charge on any atom is 0.336 e. The van der Waals surface area contributed by atoms with E-state index in [9.17, 15) is 18.3 Å². The van der Waals surface area contributed by atoms with Crippen molar-refractivity contribution >= 4 is 38.9 Å². The number of para-hydroxylation sites is 1. The summed E-state index contributed by atoms with van der Waals surface area (Å²) >= 11 is 1.43. The maximum absolute atomic E-state index is 14.1. The zero-order chi connectivity index (χ0) is 27.1. The SMILES string of the molecule is CCCCC1(CCCC)CN(c2ccccc2)c2cc(SC)c(OC[C@H](OC)C(=O)O)cc2S(=O)(=O)C1. The molecule has 0 spiro atoms. The molecule has 0 fully saturated rings. The number of ether oxygens (including phenoxy) is 2. The molecule has 2 aromatic carbocycles. The summed E-state index contributed by atoms with van der Waals surface area (Å²) in [5.41, 5.74) is 1.20. The van der Waals surface area contributed by atoms with Crippen LogP contribution in [-0.4, -0.2) is 57.9 Å². The van der Waals surface area contributed by atoms with Gasteiger partial charge in [-0.25, -0.2) is 13.2 Å². The van der Waals surface area contributed by atoms with E-state index in [0.717, 1.165) is 49.1 Å². The largest absolute Gasteiger partial charge is 0.489 e. The predicted molar refractivity (Wildman–Crippen MR) is 149 cm³/mol. The number of hydrogen-bond donors (Lipinski definition) is 1. The second-order valence-electron chi connectivity index (χ2n) is 9.73. The van der Waals surface area contributed by atoms with Gasteiger partial charge >= 0.3 is 5.97 Å². The van der Waals surface area contributed by atoms with Gasteiger partial charge in [0, 0.05) is 30.8 Å². The molecule has 1 atom stereocenters. The highest BCUT2D eigenvalue weighted by atomic mass is 32.2. The van der Waals surface area contributed by atoms with Crippen molar-refractivity contribution in [2.75, 3.05) is 37.2 Å². The minimum Gasteiger partial charge on any atom is -0.489 e. The standard InChI is InChI=1S/C28H39NO6S2/c1-5-7-14-28(15-8-6-2)19-29(21-12-10-9-11-13-21)22-16-25(36-4)23(17-26(22)37(32,33)20-28)35-18-24(34-3)27(30)31/h9-13,16-17,24H,5-8,14-15,18-20H2,1-4H3,(H,30,31)/t24-/m0/s1. The highest BCUT2D eigenvalue weighted by Gasteiger charge is 2.42. The Hall–Kier alpha value is -2.23. The highest BCUT2D eigenvalue weighted by Crippen LogP contribution is 2.47. The Morgan fingerprint density at radius 3 is 2.32 bits per heavy atom. The average molecular weight is 550 g/mol. The molecule has 0 aromatic heterocycles. The van der Waals surface area contributed by atoms with Gasteiger partial charge < -0.3 is 19.5 Å². The van der Waals surface area contributed by atoms with Crippen LogP contribution in [0, 0.1) is 5.41 Å². The number of thioether (sulfide) groups is 1. The van der Waals surface area contributed by atoms with E-state index in [1.165, 1.54) is 18.9 Å². The van der Waals surface area contributed by atoms with Crippen LogP contribution in [0.15, 0.2) is 52.3 Å². The summed E-state index contributed by atoms with van der Waals surface area (Å²) in [5, 5.41) is 9.34. The summed E-state index contributed by atoms with van der Waals surface area (Å²) in [7, 11) is -2.37. The van der Waals surface area contributed by atoms with Gasteiger partial charge in [-0.15, -0.1) is 11.8 Å². The number of fused-ring (bicyclic) bond motifs is 1. The van der Waals surface area contributed by atoms with E-state index in [-0.39, 0.29) is 22.7 Å². The first-order valence-electron chi connectivity index (χ1n) is 12.9. The number of carboxylic acids is 1. The summed E-state index contributed by atoms with van der Waals surface area (Å²) in [6.07, 6.45) is 6.37. The second-order valence-corrected chi connectivity index (χ2v) is 12.5. The second kappa shape index (κ2) is 13.0. The smallest absolute Gasteiger partial charge is 0.336 e. The molecular formula is C28H39NO6S2. The molecule has 0 amide bonds. The van der Waals surface area contributed by atoms with Crippen LogP contribution in [0.2, 0.25) is 0 Å². The lowest BCUT2D eigenvalue weighted by molar-refractivity contribution is -0.150. The van der Waals surface area contributed by atoms with Crippen LogP contribution in [0.1, 0.15) is 52.4 Å². The van der Waals surface area contributed by atoms with E-state index >= 15 is 0 Å². The molecule has 0 saturated heterocycles. The molecular weight excluding hydrogens is 510 g/mol. The summed E-state index contributed by atoms with van der Waals surface area (Å²) in [6.45, 7) is 4.67. The lowest BCUT2D eigenvalue weighted by Crippen LogP contribution is -2.38. The van der Waals surface area contributed by atoms with Crippen LogP contribution in [0.3, 0.4) is 0 Å². The molecule has 0 radical (unpaired) electrons. The minimum atomic E-state index is -3.67. The molecule has 2 aromatic rings. The van der Waals surface area contributed by atoms with Crippen LogP contribution < -0.4 is 9.64 Å². The molecule has 37 heavy (non-hydrogen) atoms. The number of anilines is 2. The number of nitrogens with zero attached hydrogens (tertiary/aromatic N) is 1. The third kappa shape index (κ3) is 7.00. The van der Waals surface area contributed by atoms with Crippen LogP contribution >= 0.6 is 11.8 Å². The fraction of sp³-hybridized carbons (Fsp3) is 0.536. The molecule has 0 bridgehead atoms. The molecule has 1 heterocycles. The van der Waals surface area contributed by atoms with Crippen LogP contribution in [-0.2, 0) is 19.4 Å². The van der Waals surface area contributed by atoms with E-state index in [2.05, 4.69) is 18.7 Å². The van der Waals surface area contributed by atoms with Gasteiger partial charge in [0.2, 0.25) is 0 Å². The first-order valence-corrected chi connectivity index (χ1v) is 15.7. The molecule has 3 rings (SSSR count). The van der Waals surface area contributed by atoms with Crippen molar-refractivity contribution in [1.29, 1.82) is 0 Å². The number of methoxy groups -OCH3 is 1. The summed E-state index contributed by atoms with van der Waals surface area (Å²) < 4.78 is 39.0. The van der Waals surface area contributed by atoms with Gasteiger partial charge in [-0.2, -0.15) is 0 Å². The summed E-state index contributed by atoms with van der Waals surface area (Å²) in [6, 6.07) is 13.4. The lowest BCUT2D eigenvalue weighted by atomic mass is 9.79. The first-order chi connectivity index (χ1) is 17.7. The zero-order valence-electron chi connectivity index (χ0n) is 22.2. The normalized spacial score (nSPS) is 17.0. The molecule has 0 unspecified atom stereocenters. The molecule has 7 nitrogen and oxygen atoms in total. The van der Waals surface area contributed by atoms with Crippen molar-refractivity contribution < 1.29 is 27.8 Å². The maximum atomic E-state index is 14.1. The van der Waals surface area contributed by atoms with Crippen LogP contribution in [0.5, 0.6) is 5.75 Å². The van der Waals surface area contributed by atoms with E-state index in [4.69, 9.17) is 9.47 Å². The van der Waals surface area contributed by atoms with Crippen molar-refractivity contribution in [1.82, 2.24) is 0 Å². The topological polar surface area (TPSA) is 93.1 Å². The van der Waals surface area contributed by atoms with Gasteiger partial charge in [0.15, 0.2) is 15.9 Å². The average Bonchev–Trinajstić information content (AvgIpc) is 2.98. The lowest BCUT2D eigenvalue weighted by Gasteiger charge is -2.37. The minimum absolute atomic E-state index is 0.0736. The van der Waals surface area contributed by atoms with E-state index in [1.54, 1.807) is 6.07 Å². The number of sulfone groups is 1. The fourth-order valence-corrected chi connectivity index (χ4v) is 7.65. The zero-order valence-corrected chi connectivity index (χ0v) is 23.9. The van der Waals surface area contributed by atoms with Crippen LogP contribution in [0.25, 0.3) is 0 Å². The van der Waals surface area contributed by atoms with Gasteiger partial charge in [0.05, 0.1) is 21.2 Å².